The van der Waals surface area contributed by atoms with E-state index < -0.39 is 0 Å². The van der Waals surface area contributed by atoms with E-state index in [4.69, 9.17) is 5.73 Å². The fourth-order valence-electron chi connectivity index (χ4n) is 1.92. The molecule has 0 aromatic carbocycles. The maximum absolute atomic E-state index is 5.63. The summed E-state index contributed by atoms with van der Waals surface area (Å²) in [7, 11) is 0. The van der Waals surface area contributed by atoms with Crippen molar-refractivity contribution in [1.82, 2.24) is 14.7 Å². The van der Waals surface area contributed by atoms with E-state index in [1.165, 1.54) is 13.0 Å². The minimum atomic E-state index is 0.646. The number of aromatic nitrogens is 2. The van der Waals surface area contributed by atoms with Gasteiger partial charge in [0.1, 0.15) is 0 Å². The van der Waals surface area contributed by atoms with Gasteiger partial charge in [0.05, 0.1) is 0 Å². The molecule has 2 N–H and O–H groups in total. The van der Waals surface area contributed by atoms with Gasteiger partial charge in [-0.1, -0.05) is 0 Å². The second-order valence-electron chi connectivity index (χ2n) is 3.84. The van der Waals surface area contributed by atoms with Crippen LogP contribution in [0.25, 0.3) is 0 Å². The van der Waals surface area contributed by atoms with Crippen LogP contribution < -0.4 is 5.73 Å². The predicted octanol–water partition coefficient (Wildman–Crippen LogP) is 0.306. The molecule has 1 atom stereocenters. The molecule has 1 aliphatic rings. The molecule has 14 heavy (non-hydrogen) atoms. The Bertz CT molecular complexity index is 255. The third-order valence-electron chi connectivity index (χ3n) is 2.93. The minimum absolute atomic E-state index is 0.646. The molecule has 2 rings (SSSR count). The minimum Gasteiger partial charge on any atom is -0.329 e. The normalized spacial score (nSPS) is 22.2. The summed E-state index contributed by atoms with van der Waals surface area (Å²) in [6.07, 6.45) is 6.28. The highest BCUT2D eigenvalue weighted by Gasteiger charge is 2.25. The number of hydrogen-bond donors (Lipinski definition) is 1. The first-order valence-electron chi connectivity index (χ1n) is 5.31. The van der Waals surface area contributed by atoms with Gasteiger partial charge in [-0.25, -0.2) is 0 Å². The molecule has 1 aromatic rings. The van der Waals surface area contributed by atoms with E-state index in [9.17, 15) is 0 Å². The average Bonchev–Trinajstić information content (AvgIpc) is 2.64. The molecule has 0 bridgehead atoms. The lowest BCUT2D eigenvalue weighted by Crippen LogP contribution is -2.51. The van der Waals surface area contributed by atoms with E-state index in [-0.39, 0.29) is 0 Å². The summed E-state index contributed by atoms with van der Waals surface area (Å²) in [6.45, 7) is 4.20. The van der Waals surface area contributed by atoms with E-state index in [1.54, 1.807) is 0 Å². The van der Waals surface area contributed by atoms with Crippen LogP contribution in [0.4, 0.5) is 0 Å². The van der Waals surface area contributed by atoms with Crippen LogP contribution in [0.5, 0.6) is 0 Å². The van der Waals surface area contributed by atoms with Crippen molar-refractivity contribution in [2.45, 2.75) is 25.4 Å². The molecule has 1 aromatic heterocycles. The smallest absolute Gasteiger partial charge is 0.0489 e. The van der Waals surface area contributed by atoms with Gasteiger partial charge in [-0.3, -0.25) is 9.58 Å². The van der Waals surface area contributed by atoms with Gasteiger partial charge in [0.15, 0.2) is 0 Å². The van der Waals surface area contributed by atoms with Crippen LogP contribution in [0.1, 0.15) is 12.8 Å². The van der Waals surface area contributed by atoms with E-state index in [2.05, 4.69) is 10.00 Å². The van der Waals surface area contributed by atoms with Gasteiger partial charge in [0.2, 0.25) is 0 Å². The molecular formula is C10H18N4. The molecular weight excluding hydrogens is 176 g/mol. The van der Waals surface area contributed by atoms with Gasteiger partial charge < -0.3 is 5.73 Å². The summed E-state index contributed by atoms with van der Waals surface area (Å²) in [5, 5.41) is 4.17. The quantitative estimate of drug-likeness (QED) is 0.733. The topological polar surface area (TPSA) is 47.1 Å². The van der Waals surface area contributed by atoms with Gasteiger partial charge in [-0.2, -0.15) is 5.10 Å². The number of nitrogens with zero attached hydrogens (tertiary/aromatic N) is 3. The third kappa shape index (κ3) is 2.13. The van der Waals surface area contributed by atoms with Gasteiger partial charge in [0, 0.05) is 44.6 Å². The summed E-state index contributed by atoms with van der Waals surface area (Å²) in [5.74, 6) is 0. The Morgan fingerprint density at radius 2 is 2.36 bits per heavy atom. The highest BCUT2D eigenvalue weighted by molar-refractivity contribution is 4.83. The Hall–Kier alpha value is -0.870. The standard InChI is InChI=1S/C10H18N4/c11-9-10-3-8-13(10)5-2-7-14-6-1-4-12-14/h1,4,6,10H,2-3,5,7-9,11H2. The molecule has 1 unspecified atom stereocenters. The van der Waals surface area contributed by atoms with Gasteiger partial charge >= 0.3 is 0 Å². The van der Waals surface area contributed by atoms with Crippen LogP contribution in [-0.4, -0.2) is 40.4 Å². The summed E-state index contributed by atoms with van der Waals surface area (Å²) in [5.41, 5.74) is 5.63. The summed E-state index contributed by atoms with van der Waals surface area (Å²) < 4.78 is 1.98. The number of hydrogen-bond acceptors (Lipinski definition) is 3. The van der Waals surface area contributed by atoms with Crippen molar-refractivity contribution in [3.63, 3.8) is 0 Å². The molecule has 4 heteroatoms. The van der Waals surface area contributed by atoms with E-state index in [0.717, 1.165) is 26.1 Å². The number of aryl methyl sites for hydroxylation is 1. The fraction of sp³-hybridized carbons (Fsp3) is 0.700. The molecule has 0 spiro atoms. The molecule has 1 saturated heterocycles. The SMILES string of the molecule is NCC1CCN1CCCn1cccn1. The Kier molecular flexibility index (Phi) is 3.16. The summed E-state index contributed by atoms with van der Waals surface area (Å²) >= 11 is 0. The van der Waals surface area contributed by atoms with E-state index >= 15 is 0 Å². The van der Waals surface area contributed by atoms with Crippen molar-refractivity contribution in [1.29, 1.82) is 0 Å². The number of nitrogens with two attached hydrogens (primary N) is 1. The van der Waals surface area contributed by atoms with Crippen molar-refractivity contribution in [2.75, 3.05) is 19.6 Å². The van der Waals surface area contributed by atoms with Gasteiger partial charge in [-0.15, -0.1) is 0 Å². The zero-order valence-electron chi connectivity index (χ0n) is 8.47. The van der Waals surface area contributed by atoms with Gasteiger partial charge in [0.25, 0.3) is 0 Å². The second-order valence-corrected chi connectivity index (χ2v) is 3.84. The molecule has 1 fully saturated rings. The van der Waals surface area contributed by atoms with Crippen molar-refractivity contribution in [2.24, 2.45) is 5.73 Å². The number of likely N-dealkylation sites (tertiary alicyclic amines) is 1. The lowest BCUT2D eigenvalue weighted by molar-refractivity contribution is 0.0935. The molecule has 4 nitrogen and oxygen atoms in total. The van der Waals surface area contributed by atoms with Gasteiger partial charge in [-0.05, 0) is 18.9 Å². The van der Waals surface area contributed by atoms with Crippen LogP contribution in [0.3, 0.4) is 0 Å². The second kappa shape index (κ2) is 4.57. The Morgan fingerprint density at radius 1 is 1.43 bits per heavy atom. The predicted molar refractivity (Wildman–Crippen MR) is 55.9 cm³/mol. The fourth-order valence-corrected chi connectivity index (χ4v) is 1.92. The zero-order valence-corrected chi connectivity index (χ0v) is 8.47. The first-order valence-corrected chi connectivity index (χ1v) is 5.31. The van der Waals surface area contributed by atoms with Crippen LogP contribution >= 0.6 is 0 Å². The first kappa shape index (κ1) is 9.68. The van der Waals surface area contributed by atoms with Crippen molar-refractivity contribution < 1.29 is 0 Å². The summed E-state index contributed by atoms with van der Waals surface area (Å²) in [4.78, 5) is 2.46. The Balaban J connectivity index is 1.64. The zero-order chi connectivity index (χ0) is 9.80. The monoisotopic (exact) mass is 194 g/mol. The third-order valence-corrected chi connectivity index (χ3v) is 2.93. The van der Waals surface area contributed by atoms with Crippen LogP contribution in [0.15, 0.2) is 18.5 Å². The molecule has 0 aliphatic carbocycles. The lowest BCUT2D eigenvalue weighted by Gasteiger charge is -2.40. The Morgan fingerprint density at radius 3 is 2.93 bits per heavy atom. The molecule has 0 saturated carbocycles. The molecule has 1 aliphatic heterocycles. The highest BCUT2D eigenvalue weighted by atomic mass is 15.3. The maximum atomic E-state index is 5.63. The average molecular weight is 194 g/mol. The molecule has 2 heterocycles. The first-order chi connectivity index (χ1) is 6.90. The lowest BCUT2D eigenvalue weighted by atomic mass is 10.0. The summed E-state index contributed by atoms with van der Waals surface area (Å²) in [6, 6.07) is 2.61. The highest BCUT2D eigenvalue weighted by Crippen LogP contribution is 2.15. The molecule has 78 valence electrons. The Labute approximate surface area is 84.7 Å². The molecule has 0 amide bonds. The van der Waals surface area contributed by atoms with E-state index in [1.807, 2.05) is 23.1 Å². The van der Waals surface area contributed by atoms with Crippen LogP contribution in [0.2, 0.25) is 0 Å². The maximum Gasteiger partial charge on any atom is 0.0489 e. The van der Waals surface area contributed by atoms with Crippen molar-refractivity contribution >= 4 is 0 Å². The molecule has 0 radical (unpaired) electrons. The van der Waals surface area contributed by atoms with Crippen molar-refractivity contribution in [3.05, 3.63) is 18.5 Å². The van der Waals surface area contributed by atoms with Crippen LogP contribution in [0, 0.1) is 0 Å². The van der Waals surface area contributed by atoms with Crippen molar-refractivity contribution in [3.8, 4) is 0 Å². The number of rotatable bonds is 5. The van der Waals surface area contributed by atoms with E-state index in [0.29, 0.717) is 6.04 Å². The largest absolute Gasteiger partial charge is 0.329 e. The van der Waals surface area contributed by atoms with Crippen LogP contribution in [-0.2, 0) is 6.54 Å².